The van der Waals surface area contributed by atoms with E-state index in [-0.39, 0.29) is 23.8 Å². The van der Waals surface area contributed by atoms with Crippen molar-refractivity contribution in [1.82, 2.24) is 9.88 Å². The molecule has 6 nitrogen and oxygen atoms in total. The lowest BCUT2D eigenvalue weighted by molar-refractivity contribution is -0.156. The van der Waals surface area contributed by atoms with E-state index in [2.05, 4.69) is 39.2 Å². The number of rotatable bonds is 4. The van der Waals surface area contributed by atoms with Gasteiger partial charge in [0, 0.05) is 28.5 Å². The fourth-order valence-corrected chi connectivity index (χ4v) is 6.10. The van der Waals surface area contributed by atoms with Gasteiger partial charge in [0.05, 0.1) is 25.2 Å². The van der Waals surface area contributed by atoms with E-state index in [1.54, 1.807) is 0 Å². The van der Waals surface area contributed by atoms with Crippen molar-refractivity contribution in [3.05, 3.63) is 35.5 Å². The minimum Gasteiger partial charge on any atom is -0.469 e. The van der Waals surface area contributed by atoms with Gasteiger partial charge in [-0.1, -0.05) is 34.1 Å². The van der Waals surface area contributed by atoms with Gasteiger partial charge in [-0.05, 0) is 49.1 Å². The first kappa shape index (κ1) is 20.2. The van der Waals surface area contributed by atoms with Gasteiger partial charge in [-0.2, -0.15) is 5.26 Å². The van der Waals surface area contributed by atoms with Crippen LogP contribution >= 0.6 is 15.9 Å². The largest absolute Gasteiger partial charge is 0.469 e. The van der Waals surface area contributed by atoms with Gasteiger partial charge in [0.25, 0.3) is 0 Å². The maximum absolute atomic E-state index is 12.5. The molecule has 2 heterocycles. The van der Waals surface area contributed by atoms with Crippen LogP contribution in [0.5, 0.6) is 0 Å². The van der Waals surface area contributed by atoms with E-state index in [0.717, 1.165) is 29.4 Å². The molecule has 5 atom stereocenters. The number of hydrogen-bond acceptors (Lipinski definition) is 5. The molecule has 0 spiro atoms. The number of hydrogen-bond donors (Lipinski definition) is 2. The Morgan fingerprint density at radius 3 is 2.93 bits per heavy atom. The Labute approximate surface area is 179 Å². The monoisotopic (exact) mass is 459 g/mol. The van der Waals surface area contributed by atoms with Crippen LogP contribution in [0.4, 0.5) is 0 Å². The molecule has 4 rings (SSSR count). The maximum atomic E-state index is 12.5. The number of aromatic nitrogens is 1. The lowest BCUT2D eigenvalue weighted by Crippen LogP contribution is -2.46. The minimum absolute atomic E-state index is 0.0659. The summed E-state index contributed by atoms with van der Waals surface area (Å²) in [6, 6.07) is 8.08. The number of nitrogens with one attached hydrogen (secondary N) is 1. The zero-order valence-corrected chi connectivity index (χ0v) is 18.1. The van der Waals surface area contributed by atoms with Crippen LogP contribution in [-0.4, -0.2) is 46.0 Å². The molecule has 0 saturated heterocycles. The van der Waals surface area contributed by atoms with Crippen molar-refractivity contribution in [3.63, 3.8) is 0 Å². The number of benzene rings is 1. The predicted molar refractivity (Wildman–Crippen MR) is 113 cm³/mol. The van der Waals surface area contributed by atoms with E-state index in [9.17, 15) is 15.2 Å². The zero-order valence-electron chi connectivity index (χ0n) is 16.5. The SMILES string of the molecule is COC(=O)[C@@H]1[C@@H](C[C@H]2c3[nH]c4ccccc4c3CCN2C#N)[C@H](CBr)CC[C@@H]1O. The summed E-state index contributed by atoms with van der Waals surface area (Å²) >= 11 is 3.61. The quantitative estimate of drug-likeness (QED) is 0.414. The van der Waals surface area contributed by atoms with Gasteiger partial charge < -0.3 is 19.7 Å². The Morgan fingerprint density at radius 2 is 2.21 bits per heavy atom. The lowest BCUT2D eigenvalue weighted by atomic mass is 9.68. The summed E-state index contributed by atoms with van der Waals surface area (Å²) in [7, 11) is 1.38. The number of fused-ring (bicyclic) bond motifs is 3. The van der Waals surface area contributed by atoms with Gasteiger partial charge in [-0.15, -0.1) is 0 Å². The van der Waals surface area contributed by atoms with Crippen molar-refractivity contribution in [2.45, 2.75) is 37.8 Å². The number of aromatic amines is 1. The molecule has 1 aromatic carbocycles. The van der Waals surface area contributed by atoms with Crippen molar-refractivity contribution < 1.29 is 14.6 Å². The summed E-state index contributed by atoms with van der Waals surface area (Å²) in [4.78, 5) is 17.9. The predicted octanol–water partition coefficient (Wildman–Crippen LogP) is 3.51. The summed E-state index contributed by atoms with van der Waals surface area (Å²) in [5.74, 6) is -0.738. The second-order valence-electron chi connectivity index (χ2n) is 8.13. The standard InChI is InChI=1S/C22H26BrN3O3/c1-29-22(28)20-16(13(11-23)6-7-19(20)27)10-18-21-15(8-9-26(18)12-24)14-4-2-3-5-17(14)25-21/h2-5,13,16,18-20,25,27H,6-11H2,1H3/t13-,16-,18-,19-,20+/m0/s1. The van der Waals surface area contributed by atoms with Crippen molar-refractivity contribution in [2.75, 3.05) is 19.0 Å². The number of ether oxygens (including phenoxy) is 1. The highest BCUT2D eigenvalue weighted by Gasteiger charge is 2.45. The molecule has 7 heteroatoms. The lowest BCUT2D eigenvalue weighted by Gasteiger charge is -2.42. The number of nitriles is 1. The molecule has 0 radical (unpaired) electrons. The van der Waals surface area contributed by atoms with Crippen molar-refractivity contribution >= 4 is 32.8 Å². The second kappa shape index (κ2) is 8.37. The van der Waals surface area contributed by atoms with E-state index in [0.29, 0.717) is 19.4 Å². The highest BCUT2D eigenvalue weighted by atomic mass is 79.9. The Balaban J connectivity index is 1.74. The normalized spacial score (nSPS) is 29.3. The van der Waals surface area contributed by atoms with Crippen LogP contribution in [0.3, 0.4) is 0 Å². The third kappa shape index (κ3) is 3.53. The number of para-hydroxylation sites is 1. The average Bonchev–Trinajstić information content (AvgIpc) is 3.13. The van der Waals surface area contributed by atoms with E-state index < -0.39 is 12.0 Å². The summed E-state index contributed by atoms with van der Waals surface area (Å²) in [5.41, 5.74) is 3.40. The van der Waals surface area contributed by atoms with Gasteiger partial charge in [-0.3, -0.25) is 4.79 Å². The highest BCUT2D eigenvalue weighted by molar-refractivity contribution is 9.09. The molecule has 2 N–H and O–H groups in total. The average molecular weight is 460 g/mol. The van der Waals surface area contributed by atoms with Crippen LogP contribution < -0.4 is 0 Å². The van der Waals surface area contributed by atoms with Crippen molar-refractivity contribution in [2.24, 2.45) is 17.8 Å². The van der Waals surface area contributed by atoms with E-state index in [1.165, 1.54) is 18.1 Å². The summed E-state index contributed by atoms with van der Waals surface area (Å²) in [6.45, 7) is 0.660. The van der Waals surface area contributed by atoms with Gasteiger partial charge in [0.1, 0.15) is 0 Å². The molecule has 1 saturated carbocycles. The number of aliphatic hydroxyl groups excluding tert-OH is 1. The van der Waals surface area contributed by atoms with Crippen molar-refractivity contribution in [1.29, 1.82) is 5.26 Å². The highest BCUT2D eigenvalue weighted by Crippen LogP contribution is 2.45. The minimum atomic E-state index is -0.705. The van der Waals surface area contributed by atoms with Gasteiger partial charge in [-0.25, -0.2) is 0 Å². The smallest absolute Gasteiger partial charge is 0.311 e. The van der Waals surface area contributed by atoms with Gasteiger partial charge in [0.15, 0.2) is 6.19 Å². The molecular weight excluding hydrogens is 434 g/mol. The zero-order chi connectivity index (χ0) is 20.5. The number of nitrogens with zero attached hydrogens (tertiary/aromatic N) is 2. The van der Waals surface area contributed by atoms with Crippen LogP contribution in [-0.2, 0) is 16.0 Å². The number of esters is 1. The fourth-order valence-electron chi connectivity index (χ4n) is 5.30. The molecular formula is C22H26BrN3O3. The van der Waals surface area contributed by atoms with E-state index >= 15 is 0 Å². The number of H-pyrrole nitrogens is 1. The third-order valence-electron chi connectivity index (χ3n) is 6.77. The number of carbonyl (C=O) groups is 1. The molecule has 1 aliphatic heterocycles. The number of carbonyl (C=O) groups excluding carboxylic acids is 1. The molecule has 2 aliphatic rings. The molecule has 2 aromatic rings. The molecule has 0 unspecified atom stereocenters. The summed E-state index contributed by atoms with van der Waals surface area (Å²) < 4.78 is 5.04. The third-order valence-corrected chi connectivity index (χ3v) is 7.60. The molecule has 0 bridgehead atoms. The first-order chi connectivity index (χ1) is 14.1. The van der Waals surface area contributed by atoms with Crippen LogP contribution in [0.2, 0.25) is 0 Å². The van der Waals surface area contributed by atoms with E-state index in [4.69, 9.17) is 4.74 Å². The Morgan fingerprint density at radius 1 is 1.41 bits per heavy atom. The number of halogens is 1. The van der Waals surface area contributed by atoms with Crippen molar-refractivity contribution in [3.8, 4) is 6.19 Å². The molecule has 0 amide bonds. The summed E-state index contributed by atoms with van der Waals surface area (Å²) in [6.07, 6.45) is 4.54. The Kier molecular flexibility index (Phi) is 5.84. The molecule has 1 fully saturated rings. The molecule has 29 heavy (non-hydrogen) atoms. The Bertz CT molecular complexity index is 937. The molecule has 1 aliphatic carbocycles. The van der Waals surface area contributed by atoms with Gasteiger partial charge >= 0.3 is 5.97 Å². The molecule has 154 valence electrons. The van der Waals surface area contributed by atoms with Crippen LogP contribution in [0.15, 0.2) is 24.3 Å². The number of aliphatic hydroxyl groups is 1. The van der Waals surface area contributed by atoms with Crippen LogP contribution in [0.25, 0.3) is 10.9 Å². The van der Waals surface area contributed by atoms with Gasteiger partial charge in [0.2, 0.25) is 0 Å². The Hall–Kier alpha value is -2.04. The summed E-state index contributed by atoms with van der Waals surface area (Å²) in [5, 5.41) is 22.4. The van der Waals surface area contributed by atoms with Crippen LogP contribution in [0, 0.1) is 29.2 Å². The first-order valence-electron chi connectivity index (χ1n) is 10.2. The maximum Gasteiger partial charge on any atom is 0.311 e. The fraction of sp³-hybridized carbons (Fsp3) is 0.545. The second-order valence-corrected chi connectivity index (χ2v) is 8.78. The van der Waals surface area contributed by atoms with Crippen LogP contribution in [0.1, 0.15) is 36.6 Å². The first-order valence-corrected chi connectivity index (χ1v) is 11.3. The number of methoxy groups -OCH3 is 1. The van der Waals surface area contributed by atoms with E-state index in [1.807, 2.05) is 17.0 Å². The number of alkyl halides is 1. The topological polar surface area (TPSA) is 89.4 Å². The molecule has 1 aromatic heterocycles.